The molecule has 2 amide bonds. The van der Waals surface area contributed by atoms with Gasteiger partial charge in [-0.15, -0.1) is 0 Å². The number of hydrogen-bond acceptors (Lipinski definition) is 4. The molecule has 0 aliphatic heterocycles. The van der Waals surface area contributed by atoms with Gasteiger partial charge < -0.3 is 10.6 Å². The van der Waals surface area contributed by atoms with Gasteiger partial charge in [0.05, 0.1) is 11.3 Å². The topological polar surface area (TPSA) is 92.3 Å². The maximum Gasteiger partial charge on any atom is 0.314 e. The molecule has 0 unspecified atom stereocenters. The first-order valence-corrected chi connectivity index (χ1v) is 9.38. The van der Waals surface area contributed by atoms with E-state index in [4.69, 9.17) is 0 Å². The number of aryl methyl sites for hydroxylation is 2. The standard InChI is InChI=1S/C24H18N2O4/c1-13-7-5-8-14(2)20(13)26-24(30)23(29)25-18-12-6-11-17-19(18)22(28)16-10-4-3-9-15(16)21(17)27/h3-12H,1-2H3,(H,25,29)(H,26,30). The van der Waals surface area contributed by atoms with Crippen LogP contribution in [0.15, 0.2) is 60.7 Å². The van der Waals surface area contributed by atoms with Crippen molar-refractivity contribution in [3.8, 4) is 0 Å². The molecule has 0 heterocycles. The van der Waals surface area contributed by atoms with E-state index in [-0.39, 0.29) is 33.9 Å². The summed E-state index contributed by atoms with van der Waals surface area (Å²) in [5.74, 6) is -2.45. The maximum atomic E-state index is 13.0. The Hall–Kier alpha value is -4.06. The number of amides is 2. The summed E-state index contributed by atoms with van der Waals surface area (Å²) in [4.78, 5) is 50.8. The third-order valence-corrected chi connectivity index (χ3v) is 5.13. The van der Waals surface area contributed by atoms with Crippen LogP contribution in [0, 0.1) is 13.8 Å². The van der Waals surface area contributed by atoms with Crippen molar-refractivity contribution in [1.82, 2.24) is 0 Å². The number of rotatable bonds is 2. The molecule has 0 aromatic heterocycles. The van der Waals surface area contributed by atoms with Gasteiger partial charge in [-0.2, -0.15) is 0 Å². The van der Waals surface area contributed by atoms with Gasteiger partial charge in [-0.1, -0.05) is 54.6 Å². The molecule has 1 aliphatic rings. The highest BCUT2D eigenvalue weighted by Gasteiger charge is 2.32. The number of carbonyl (C=O) groups excluding carboxylic acids is 4. The summed E-state index contributed by atoms with van der Waals surface area (Å²) in [6, 6.07) is 16.7. The minimum Gasteiger partial charge on any atom is -0.317 e. The summed E-state index contributed by atoms with van der Waals surface area (Å²) in [6.07, 6.45) is 0. The van der Waals surface area contributed by atoms with Crippen LogP contribution in [-0.2, 0) is 9.59 Å². The minimum absolute atomic E-state index is 0.0921. The molecule has 2 N–H and O–H groups in total. The van der Waals surface area contributed by atoms with Crippen molar-refractivity contribution >= 4 is 34.8 Å². The van der Waals surface area contributed by atoms with Crippen LogP contribution in [0.1, 0.15) is 43.0 Å². The molecule has 3 aromatic rings. The largest absolute Gasteiger partial charge is 0.317 e. The molecule has 4 rings (SSSR count). The lowest BCUT2D eigenvalue weighted by atomic mass is 9.83. The summed E-state index contributed by atoms with van der Waals surface area (Å²) in [7, 11) is 0. The Kier molecular flexibility index (Phi) is 4.75. The van der Waals surface area contributed by atoms with Crippen molar-refractivity contribution in [2.45, 2.75) is 13.8 Å². The monoisotopic (exact) mass is 398 g/mol. The lowest BCUT2D eigenvalue weighted by molar-refractivity contribution is -0.133. The van der Waals surface area contributed by atoms with Crippen molar-refractivity contribution in [1.29, 1.82) is 0 Å². The van der Waals surface area contributed by atoms with E-state index in [1.165, 1.54) is 12.1 Å². The van der Waals surface area contributed by atoms with Gasteiger partial charge in [0, 0.05) is 22.4 Å². The molecule has 0 saturated heterocycles. The number of anilines is 2. The summed E-state index contributed by atoms with van der Waals surface area (Å²) < 4.78 is 0. The van der Waals surface area contributed by atoms with E-state index in [1.54, 1.807) is 30.3 Å². The zero-order valence-electron chi connectivity index (χ0n) is 16.4. The zero-order valence-corrected chi connectivity index (χ0v) is 16.4. The number of benzene rings is 3. The van der Waals surface area contributed by atoms with Crippen LogP contribution < -0.4 is 10.6 Å². The van der Waals surface area contributed by atoms with Gasteiger partial charge in [0.25, 0.3) is 0 Å². The molecule has 148 valence electrons. The van der Waals surface area contributed by atoms with E-state index >= 15 is 0 Å². The lowest BCUT2D eigenvalue weighted by Crippen LogP contribution is -2.31. The van der Waals surface area contributed by atoms with Crippen molar-refractivity contribution in [3.63, 3.8) is 0 Å². The molecule has 6 heteroatoms. The summed E-state index contributed by atoms with van der Waals surface area (Å²) >= 11 is 0. The van der Waals surface area contributed by atoms with Crippen LogP contribution in [0.5, 0.6) is 0 Å². The predicted octanol–water partition coefficient (Wildman–Crippen LogP) is 3.66. The number of hydrogen-bond donors (Lipinski definition) is 2. The SMILES string of the molecule is Cc1cccc(C)c1NC(=O)C(=O)Nc1cccc2c1C(=O)c1ccccc1C2=O. The van der Waals surface area contributed by atoms with Gasteiger partial charge in [0.15, 0.2) is 11.6 Å². The average Bonchev–Trinajstić information content (AvgIpc) is 2.74. The molecule has 0 bridgehead atoms. The quantitative estimate of drug-likeness (QED) is 0.504. The van der Waals surface area contributed by atoms with E-state index in [9.17, 15) is 19.2 Å². The fraction of sp³-hybridized carbons (Fsp3) is 0.0833. The number of ketones is 2. The molecule has 0 radical (unpaired) electrons. The molecule has 0 spiro atoms. The highest BCUT2D eigenvalue weighted by Crippen LogP contribution is 2.32. The molecule has 0 atom stereocenters. The average molecular weight is 398 g/mol. The Balaban J connectivity index is 1.64. The van der Waals surface area contributed by atoms with Gasteiger partial charge in [0.1, 0.15) is 0 Å². The normalized spacial score (nSPS) is 12.1. The van der Waals surface area contributed by atoms with E-state index < -0.39 is 11.8 Å². The number of para-hydroxylation sites is 1. The Morgan fingerprint density at radius 2 is 1.17 bits per heavy atom. The minimum atomic E-state index is -0.926. The van der Waals surface area contributed by atoms with Gasteiger partial charge >= 0.3 is 11.8 Å². The van der Waals surface area contributed by atoms with Crippen LogP contribution >= 0.6 is 0 Å². The first kappa shape index (κ1) is 19.3. The second kappa shape index (κ2) is 7.40. The third kappa shape index (κ3) is 3.18. The fourth-order valence-corrected chi connectivity index (χ4v) is 3.61. The Morgan fingerprint density at radius 3 is 1.83 bits per heavy atom. The second-order valence-electron chi connectivity index (χ2n) is 7.11. The third-order valence-electron chi connectivity index (χ3n) is 5.13. The van der Waals surface area contributed by atoms with Crippen molar-refractivity contribution < 1.29 is 19.2 Å². The summed E-state index contributed by atoms with van der Waals surface area (Å²) in [5, 5.41) is 5.10. The maximum absolute atomic E-state index is 13.0. The molecule has 0 fully saturated rings. The van der Waals surface area contributed by atoms with E-state index in [2.05, 4.69) is 10.6 Å². The lowest BCUT2D eigenvalue weighted by Gasteiger charge is -2.20. The van der Waals surface area contributed by atoms with Crippen LogP contribution in [0.2, 0.25) is 0 Å². The van der Waals surface area contributed by atoms with Crippen LogP contribution in [0.25, 0.3) is 0 Å². The Bertz CT molecular complexity index is 1220. The van der Waals surface area contributed by atoms with Crippen LogP contribution in [-0.4, -0.2) is 23.4 Å². The highest BCUT2D eigenvalue weighted by atomic mass is 16.2. The molecule has 0 saturated carbocycles. The van der Waals surface area contributed by atoms with E-state index in [0.29, 0.717) is 11.3 Å². The van der Waals surface area contributed by atoms with E-state index in [0.717, 1.165) is 11.1 Å². The second-order valence-corrected chi connectivity index (χ2v) is 7.11. The van der Waals surface area contributed by atoms with Gasteiger partial charge in [-0.3, -0.25) is 19.2 Å². The van der Waals surface area contributed by atoms with Crippen LogP contribution in [0.4, 0.5) is 11.4 Å². The van der Waals surface area contributed by atoms with Gasteiger partial charge in [-0.05, 0) is 31.0 Å². The Labute approximate surface area is 172 Å². The zero-order chi connectivity index (χ0) is 21.4. The van der Waals surface area contributed by atoms with Gasteiger partial charge in [-0.25, -0.2) is 0 Å². The predicted molar refractivity (Wildman–Crippen MR) is 113 cm³/mol. The van der Waals surface area contributed by atoms with Crippen molar-refractivity contribution in [3.05, 3.63) is 94.0 Å². The van der Waals surface area contributed by atoms with Crippen molar-refractivity contribution in [2.24, 2.45) is 0 Å². The summed E-state index contributed by atoms with van der Waals surface area (Å²) in [5.41, 5.74) is 3.23. The fourth-order valence-electron chi connectivity index (χ4n) is 3.61. The smallest absolute Gasteiger partial charge is 0.314 e. The highest BCUT2D eigenvalue weighted by molar-refractivity contribution is 6.44. The number of fused-ring (bicyclic) bond motifs is 2. The summed E-state index contributed by atoms with van der Waals surface area (Å²) in [6.45, 7) is 3.66. The first-order valence-electron chi connectivity index (χ1n) is 9.38. The van der Waals surface area contributed by atoms with E-state index in [1.807, 2.05) is 32.0 Å². The Morgan fingerprint density at radius 1 is 0.633 bits per heavy atom. The molecule has 30 heavy (non-hydrogen) atoms. The molecular formula is C24H18N2O4. The van der Waals surface area contributed by atoms with Crippen molar-refractivity contribution in [2.75, 3.05) is 10.6 Å². The molecule has 3 aromatic carbocycles. The number of carbonyl (C=O) groups is 4. The first-order chi connectivity index (χ1) is 14.4. The van der Waals surface area contributed by atoms with Gasteiger partial charge in [0.2, 0.25) is 0 Å². The molecule has 6 nitrogen and oxygen atoms in total. The van der Waals surface area contributed by atoms with Crippen LogP contribution in [0.3, 0.4) is 0 Å². The number of nitrogens with one attached hydrogen (secondary N) is 2. The molecule has 1 aliphatic carbocycles. The molecular weight excluding hydrogens is 380 g/mol.